The second-order valence-electron chi connectivity index (χ2n) is 5.01. The monoisotopic (exact) mass is 315 g/mol. The Labute approximate surface area is 125 Å². The molecule has 1 fully saturated rings. The topological polar surface area (TPSA) is 62.3 Å². The number of carbonyl (C=O) groups is 2. The highest BCUT2D eigenvalue weighted by Crippen LogP contribution is 2.28. The molecule has 5 nitrogen and oxygen atoms in total. The van der Waals surface area contributed by atoms with Gasteiger partial charge in [-0.3, -0.25) is 9.59 Å². The van der Waals surface area contributed by atoms with Gasteiger partial charge in [-0.25, -0.2) is 4.98 Å². The van der Waals surface area contributed by atoms with Crippen molar-refractivity contribution in [1.29, 1.82) is 0 Å². The lowest BCUT2D eigenvalue weighted by atomic mass is 10.2. The summed E-state index contributed by atoms with van der Waals surface area (Å²) in [5.41, 5.74) is -1.07. The first-order valence-corrected chi connectivity index (χ1v) is 6.97. The molecular weight excluding hydrogens is 299 g/mol. The quantitative estimate of drug-likeness (QED) is 0.928. The Bertz CT molecular complexity index is 575. The van der Waals surface area contributed by atoms with Crippen molar-refractivity contribution in [2.45, 2.75) is 38.4 Å². The molecule has 1 aromatic heterocycles. The van der Waals surface area contributed by atoms with Gasteiger partial charge in [0, 0.05) is 13.0 Å². The van der Waals surface area contributed by atoms with E-state index in [0.717, 1.165) is 6.07 Å². The van der Waals surface area contributed by atoms with Crippen molar-refractivity contribution in [3.8, 4) is 0 Å². The molecule has 0 saturated carbocycles. The Hall–Kier alpha value is -2.12. The zero-order valence-corrected chi connectivity index (χ0v) is 12.0. The standard InChI is InChI=1S/C14H16F3N3O2/c1-2-9(20-8-4-7-12(20)21)13(22)19-11-6-3-5-10(18-11)14(15,16)17/h3,5-6,9H,2,4,7-8H2,1H3,(H,18,19,22)/t9-/m0/s1. The van der Waals surface area contributed by atoms with Crippen molar-refractivity contribution < 1.29 is 22.8 Å². The molecule has 22 heavy (non-hydrogen) atoms. The molecule has 8 heteroatoms. The largest absolute Gasteiger partial charge is 0.433 e. The molecule has 0 radical (unpaired) electrons. The van der Waals surface area contributed by atoms with E-state index in [0.29, 0.717) is 25.8 Å². The number of likely N-dealkylation sites (tertiary alicyclic amines) is 1. The van der Waals surface area contributed by atoms with Crippen molar-refractivity contribution in [1.82, 2.24) is 9.88 Å². The maximum Gasteiger partial charge on any atom is 0.433 e. The predicted octanol–water partition coefficient (Wildman–Crippen LogP) is 2.44. The van der Waals surface area contributed by atoms with Crippen LogP contribution in [0.25, 0.3) is 0 Å². The van der Waals surface area contributed by atoms with E-state index in [2.05, 4.69) is 10.3 Å². The van der Waals surface area contributed by atoms with Crippen LogP contribution in [0.3, 0.4) is 0 Å². The highest BCUT2D eigenvalue weighted by atomic mass is 19.4. The van der Waals surface area contributed by atoms with Gasteiger partial charge in [0.05, 0.1) is 0 Å². The summed E-state index contributed by atoms with van der Waals surface area (Å²) in [7, 11) is 0. The van der Waals surface area contributed by atoms with E-state index in [1.165, 1.54) is 17.0 Å². The van der Waals surface area contributed by atoms with E-state index in [4.69, 9.17) is 0 Å². The van der Waals surface area contributed by atoms with Crippen LogP contribution in [-0.4, -0.2) is 34.3 Å². The highest BCUT2D eigenvalue weighted by Gasteiger charge is 2.34. The fraction of sp³-hybridized carbons (Fsp3) is 0.500. The van der Waals surface area contributed by atoms with Crippen LogP contribution in [0.2, 0.25) is 0 Å². The molecular formula is C14H16F3N3O2. The van der Waals surface area contributed by atoms with Crippen molar-refractivity contribution in [2.75, 3.05) is 11.9 Å². The van der Waals surface area contributed by atoms with Gasteiger partial charge in [0.15, 0.2) is 0 Å². The van der Waals surface area contributed by atoms with E-state index in [1.54, 1.807) is 6.92 Å². The fourth-order valence-electron chi connectivity index (χ4n) is 2.42. The average Bonchev–Trinajstić information content (AvgIpc) is 2.85. The number of nitrogens with one attached hydrogen (secondary N) is 1. The van der Waals surface area contributed by atoms with Gasteiger partial charge in [-0.2, -0.15) is 13.2 Å². The molecule has 1 aromatic rings. The Kier molecular flexibility index (Phi) is 4.68. The number of pyridine rings is 1. The Morgan fingerprint density at radius 3 is 2.73 bits per heavy atom. The average molecular weight is 315 g/mol. The molecule has 1 atom stereocenters. The number of hydrogen-bond acceptors (Lipinski definition) is 3. The van der Waals surface area contributed by atoms with Gasteiger partial charge in [0.2, 0.25) is 11.8 Å². The van der Waals surface area contributed by atoms with Crippen LogP contribution in [0.4, 0.5) is 19.0 Å². The number of carbonyl (C=O) groups excluding carboxylic acids is 2. The molecule has 2 amide bonds. The zero-order chi connectivity index (χ0) is 16.3. The molecule has 1 aliphatic rings. The summed E-state index contributed by atoms with van der Waals surface area (Å²) in [6.07, 6.45) is -3.11. The van der Waals surface area contributed by atoms with Gasteiger partial charge < -0.3 is 10.2 Å². The summed E-state index contributed by atoms with van der Waals surface area (Å²) in [5.74, 6) is -0.812. The van der Waals surface area contributed by atoms with E-state index in [9.17, 15) is 22.8 Å². The van der Waals surface area contributed by atoms with E-state index in [-0.39, 0.29) is 11.7 Å². The molecule has 1 aliphatic heterocycles. The number of nitrogens with zero attached hydrogens (tertiary/aromatic N) is 2. The summed E-state index contributed by atoms with van der Waals surface area (Å²) in [5, 5.41) is 2.36. The van der Waals surface area contributed by atoms with Gasteiger partial charge >= 0.3 is 6.18 Å². The van der Waals surface area contributed by atoms with Crippen LogP contribution in [0, 0.1) is 0 Å². The minimum atomic E-state index is -4.57. The second-order valence-corrected chi connectivity index (χ2v) is 5.01. The van der Waals surface area contributed by atoms with Gasteiger partial charge in [-0.1, -0.05) is 13.0 Å². The summed E-state index contributed by atoms with van der Waals surface area (Å²) < 4.78 is 37.8. The number of rotatable bonds is 4. The first-order valence-electron chi connectivity index (χ1n) is 6.97. The van der Waals surface area contributed by atoms with Gasteiger partial charge in [0.1, 0.15) is 17.6 Å². The lowest BCUT2D eigenvalue weighted by Crippen LogP contribution is -2.44. The molecule has 120 valence electrons. The molecule has 2 rings (SSSR count). The molecule has 0 aliphatic carbocycles. The van der Waals surface area contributed by atoms with E-state index >= 15 is 0 Å². The summed E-state index contributed by atoms with van der Waals surface area (Å²) in [4.78, 5) is 28.8. The number of anilines is 1. The minimum Gasteiger partial charge on any atom is -0.331 e. The summed E-state index contributed by atoms with van der Waals surface area (Å²) in [6, 6.07) is 2.60. The van der Waals surface area contributed by atoms with E-state index in [1.807, 2.05) is 0 Å². The normalized spacial score (nSPS) is 16.7. The third-order valence-corrected chi connectivity index (χ3v) is 3.47. The molecule has 0 spiro atoms. The minimum absolute atomic E-state index is 0.112. The number of hydrogen-bond donors (Lipinski definition) is 1. The molecule has 2 heterocycles. The molecule has 1 N–H and O–H groups in total. The number of aromatic nitrogens is 1. The van der Waals surface area contributed by atoms with Crippen LogP contribution in [0.5, 0.6) is 0 Å². The Morgan fingerprint density at radius 2 is 2.18 bits per heavy atom. The Balaban J connectivity index is 2.12. The van der Waals surface area contributed by atoms with E-state index < -0.39 is 23.8 Å². The molecule has 0 bridgehead atoms. The number of halogens is 3. The Morgan fingerprint density at radius 1 is 1.45 bits per heavy atom. The van der Waals surface area contributed by atoms with Crippen LogP contribution < -0.4 is 5.32 Å². The van der Waals surface area contributed by atoms with Crippen molar-refractivity contribution in [3.05, 3.63) is 23.9 Å². The summed E-state index contributed by atoms with van der Waals surface area (Å²) in [6.45, 7) is 2.23. The zero-order valence-electron chi connectivity index (χ0n) is 12.0. The lowest BCUT2D eigenvalue weighted by Gasteiger charge is -2.25. The van der Waals surface area contributed by atoms with Crippen LogP contribution in [0.1, 0.15) is 31.9 Å². The molecule has 1 saturated heterocycles. The lowest BCUT2D eigenvalue weighted by molar-refractivity contribution is -0.141. The van der Waals surface area contributed by atoms with Gasteiger partial charge in [-0.05, 0) is 25.0 Å². The number of alkyl halides is 3. The van der Waals surface area contributed by atoms with Crippen molar-refractivity contribution in [2.24, 2.45) is 0 Å². The highest BCUT2D eigenvalue weighted by molar-refractivity contribution is 5.96. The third kappa shape index (κ3) is 3.55. The molecule has 0 aromatic carbocycles. The van der Waals surface area contributed by atoms with Crippen molar-refractivity contribution in [3.63, 3.8) is 0 Å². The van der Waals surface area contributed by atoms with Crippen LogP contribution in [-0.2, 0) is 15.8 Å². The fourth-order valence-corrected chi connectivity index (χ4v) is 2.42. The SMILES string of the molecule is CC[C@@H](C(=O)Nc1cccc(C(F)(F)F)n1)N1CCCC1=O. The van der Waals surface area contributed by atoms with Crippen LogP contribution in [0.15, 0.2) is 18.2 Å². The van der Waals surface area contributed by atoms with Gasteiger partial charge in [-0.15, -0.1) is 0 Å². The third-order valence-electron chi connectivity index (χ3n) is 3.47. The van der Waals surface area contributed by atoms with Gasteiger partial charge in [0.25, 0.3) is 0 Å². The summed E-state index contributed by atoms with van der Waals surface area (Å²) >= 11 is 0. The molecule has 0 unspecified atom stereocenters. The van der Waals surface area contributed by atoms with Crippen LogP contribution >= 0.6 is 0 Å². The second kappa shape index (κ2) is 6.33. The maximum atomic E-state index is 12.6. The van der Waals surface area contributed by atoms with Crippen molar-refractivity contribution >= 4 is 17.6 Å². The number of amides is 2. The first kappa shape index (κ1) is 16.3. The smallest absolute Gasteiger partial charge is 0.331 e. The maximum absolute atomic E-state index is 12.6. The first-order chi connectivity index (χ1) is 10.3. The predicted molar refractivity (Wildman–Crippen MR) is 72.9 cm³/mol.